The Bertz CT molecular complexity index is 939. The predicted molar refractivity (Wildman–Crippen MR) is 210 cm³/mol. The minimum atomic E-state index is -4.38. The van der Waals surface area contributed by atoms with Gasteiger partial charge in [-0.2, -0.15) is 0 Å². The first-order chi connectivity index (χ1) is 24.8. The molecule has 1 unspecified atom stereocenters. The SMILES string of the molecule is CCCCC/C=C/C/C=C/CCCCCCCC(=O)O[C@H](COC(=O)CCCCCCCCC/C=C/CCCCCC)COP(=O)(O)OCCN. The molecule has 0 aromatic heterocycles. The largest absolute Gasteiger partial charge is 0.472 e. The lowest BCUT2D eigenvalue weighted by Gasteiger charge is -2.19. The van der Waals surface area contributed by atoms with Crippen molar-refractivity contribution in [3.05, 3.63) is 36.5 Å². The Balaban J connectivity index is 4.22. The number of allylic oxidation sites excluding steroid dienone is 6. The van der Waals surface area contributed by atoms with E-state index in [2.05, 4.69) is 50.3 Å². The highest BCUT2D eigenvalue weighted by Gasteiger charge is 2.25. The van der Waals surface area contributed by atoms with Gasteiger partial charge in [-0.15, -0.1) is 0 Å². The van der Waals surface area contributed by atoms with E-state index in [1.807, 2.05) is 0 Å². The average molecular weight is 742 g/mol. The molecular weight excluding hydrogens is 665 g/mol. The molecule has 0 saturated carbocycles. The first-order valence-electron chi connectivity index (χ1n) is 20.5. The van der Waals surface area contributed by atoms with Crippen molar-refractivity contribution in [1.82, 2.24) is 0 Å². The Morgan fingerprint density at radius 1 is 0.588 bits per heavy atom. The molecule has 0 heterocycles. The van der Waals surface area contributed by atoms with Gasteiger partial charge in [0.15, 0.2) is 6.10 Å². The van der Waals surface area contributed by atoms with E-state index in [0.717, 1.165) is 70.6 Å². The fraction of sp³-hybridized carbons (Fsp3) is 0.805. The van der Waals surface area contributed by atoms with E-state index < -0.39 is 32.5 Å². The first-order valence-corrected chi connectivity index (χ1v) is 22.0. The third-order valence-electron chi connectivity index (χ3n) is 8.50. The lowest BCUT2D eigenvalue weighted by Crippen LogP contribution is -2.29. The van der Waals surface area contributed by atoms with Gasteiger partial charge in [0.2, 0.25) is 0 Å². The van der Waals surface area contributed by atoms with Crippen molar-refractivity contribution in [3.63, 3.8) is 0 Å². The smallest absolute Gasteiger partial charge is 0.462 e. The van der Waals surface area contributed by atoms with Crippen molar-refractivity contribution in [3.8, 4) is 0 Å². The number of hydrogen-bond acceptors (Lipinski definition) is 8. The zero-order valence-electron chi connectivity index (χ0n) is 32.6. The van der Waals surface area contributed by atoms with Crippen LogP contribution in [0.25, 0.3) is 0 Å². The molecule has 0 aliphatic rings. The summed E-state index contributed by atoms with van der Waals surface area (Å²) in [5, 5.41) is 0. The molecule has 51 heavy (non-hydrogen) atoms. The number of unbranched alkanes of at least 4 members (excludes halogenated alkanes) is 19. The highest BCUT2D eigenvalue weighted by molar-refractivity contribution is 7.47. The molecular formula is C41H76NO8P. The van der Waals surface area contributed by atoms with Crippen LogP contribution in [0.3, 0.4) is 0 Å². The van der Waals surface area contributed by atoms with Gasteiger partial charge < -0.3 is 20.1 Å². The summed E-state index contributed by atoms with van der Waals surface area (Å²) < 4.78 is 32.7. The predicted octanol–water partition coefficient (Wildman–Crippen LogP) is 11.4. The van der Waals surface area contributed by atoms with E-state index in [9.17, 15) is 19.0 Å². The van der Waals surface area contributed by atoms with E-state index in [4.69, 9.17) is 24.3 Å². The van der Waals surface area contributed by atoms with Gasteiger partial charge in [-0.25, -0.2) is 4.57 Å². The molecule has 0 bridgehead atoms. The summed E-state index contributed by atoms with van der Waals surface area (Å²) >= 11 is 0. The van der Waals surface area contributed by atoms with Gasteiger partial charge in [-0.3, -0.25) is 18.6 Å². The number of carbonyl (C=O) groups is 2. The molecule has 0 saturated heterocycles. The Kier molecular flexibility index (Phi) is 36.7. The summed E-state index contributed by atoms with van der Waals surface area (Å²) in [4.78, 5) is 34.8. The van der Waals surface area contributed by atoms with E-state index in [1.54, 1.807) is 0 Å². The number of phosphoric ester groups is 1. The minimum Gasteiger partial charge on any atom is -0.462 e. The Labute approximate surface area is 312 Å². The van der Waals surface area contributed by atoms with Crippen molar-refractivity contribution < 1.29 is 37.6 Å². The lowest BCUT2D eigenvalue weighted by atomic mass is 10.1. The topological polar surface area (TPSA) is 134 Å². The second kappa shape index (κ2) is 38.0. The molecule has 2 atom stereocenters. The number of rotatable bonds is 38. The average Bonchev–Trinajstić information content (AvgIpc) is 3.11. The van der Waals surface area contributed by atoms with E-state index in [-0.39, 0.29) is 32.6 Å². The number of ether oxygens (including phenoxy) is 2. The highest BCUT2D eigenvalue weighted by atomic mass is 31.2. The number of nitrogens with two attached hydrogens (primary N) is 1. The highest BCUT2D eigenvalue weighted by Crippen LogP contribution is 2.43. The van der Waals surface area contributed by atoms with Crippen LogP contribution in [0.1, 0.15) is 181 Å². The lowest BCUT2D eigenvalue weighted by molar-refractivity contribution is -0.161. The number of esters is 2. The van der Waals surface area contributed by atoms with Crippen LogP contribution in [-0.2, 0) is 32.7 Å². The van der Waals surface area contributed by atoms with Crippen LogP contribution in [0.15, 0.2) is 36.5 Å². The molecule has 0 amide bonds. The van der Waals surface area contributed by atoms with Gasteiger partial charge in [0.25, 0.3) is 0 Å². The van der Waals surface area contributed by atoms with Crippen LogP contribution in [-0.4, -0.2) is 49.3 Å². The third-order valence-corrected chi connectivity index (χ3v) is 9.48. The van der Waals surface area contributed by atoms with E-state index in [1.165, 1.54) is 77.0 Å². The maximum absolute atomic E-state index is 12.5. The Morgan fingerprint density at radius 2 is 1.02 bits per heavy atom. The fourth-order valence-corrected chi connectivity index (χ4v) is 6.19. The third kappa shape index (κ3) is 37.8. The Morgan fingerprint density at radius 3 is 1.55 bits per heavy atom. The second-order valence-corrected chi connectivity index (χ2v) is 14.9. The monoisotopic (exact) mass is 742 g/mol. The summed E-state index contributed by atoms with van der Waals surface area (Å²) in [6, 6.07) is 0. The standard InChI is InChI=1S/C41H76NO8P/c1-3-5-7-9-11-13-15-17-19-21-23-25-27-29-31-33-40(43)47-37-39(38-49-51(45,46)48-36-35-42)50-41(44)34-32-30-28-26-24-22-20-18-16-14-12-10-8-6-4-2/h12-15,18,20,39H,3-11,16-17,19,21-38,42H2,1-2H3,(H,45,46)/b14-12+,15-13+,20-18+/t39-/m1/s1. The molecule has 0 rings (SSSR count). The van der Waals surface area contributed by atoms with Crippen molar-refractivity contribution in [2.24, 2.45) is 5.73 Å². The molecule has 0 aliphatic heterocycles. The number of hydrogen-bond donors (Lipinski definition) is 2. The van der Waals surface area contributed by atoms with Gasteiger partial charge in [0.05, 0.1) is 13.2 Å². The van der Waals surface area contributed by atoms with E-state index in [0.29, 0.717) is 6.42 Å². The molecule has 0 aromatic rings. The molecule has 9 nitrogen and oxygen atoms in total. The number of phosphoric acid groups is 1. The maximum atomic E-state index is 12.5. The van der Waals surface area contributed by atoms with Crippen LogP contribution in [0.4, 0.5) is 0 Å². The molecule has 0 aliphatic carbocycles. The summed E-state index contributed by atoms with van der Waals surface area (Å²) in [5.74, 6) is -0.850. The van der Waals surface area contributed by atoms with Gasteiger partial charge in [0.1, 0.15) is 6.61 Å². The molecule has 0 aromatic carbocycles. The zero-order valence-corrected chi connectivity index (χ0v) is 33.5. The molecule has 0 spiro atoms. The molecule has 0 fully saturated rings. The molecule has 3 N–H and O–H groups in total. The molecule has 10 heteroatoms. The first kappa shape index (κ1) is 49.2. The van der Waals surface area contributed by atoms with Crippen molar-refractivity contribution in [1.29, 1.82) is 0 Å². The normalized spacial score (nSPS) is 13.7. The zero-order chi connectivity index (χ0) is 37.5. The second-order valence-electron chi connectivity index (χ2n) is 13.5. The van der Waals surface area contributed by atoms with Crippen molar-refractivity contribution in [2.45, 2.75) is 187 Å². The summed E-state index contributed by atoms with van der Waals surface area (Å²) in [5.41, 5.74) is 5.34. The summed E-state index contributed by atoms with van der Waals surface area (Å²) in [6.45, 7) is 3.67. The van der Waals surface area contributed by atoms with Crippen LogP contribution < -0.4 is 5.73 Å². The molecule has 298 valence electrons. The van der Waals surface area contributed by atoms with Crippen molar-refractivity contribution in [2.75, 3.05) is 26.4 Å². The quantitative estimate of drug-likeness (QED) is 0.0274. The Hall–Kier alpha value is -1.77. The van der Waals surface area contributed by atoms with Gasteiger partial charge in [-0.1, -0.05) is 134 Å². The van der Waals surface area contributed by atoms with Gasteiger partial charge in [0, 0.05) is 19.4 Å². The van der Waals surface area contributed by atoms with Gasteiger partial charge >= 0.3 is 19.8 Å². The van der Waals surface area contributed by atoms with Crippen LogP contribution in [0, 0.1) is 0 Å². The van der Waals surface area contributed by atoms with Crippen molar-refractivity contribution >= 4 is 19.8 Å². The fourth-order valence-electron chi connectivity index (χ4n) is 5.42. The number of carbonyl (C=O) groups excluding carboxylic acids is 2. The molecule has 0 radical (unpaired) electrons. The van der Waals surface area contributed by atoms with Crippen LogP contribution >= 0.6 is 7.82 Å². The summed E-state index contributed by atoms with van der Waals surface area (Å²) in [7, 11) is -4.38. The summed E-state index contributed by atoms with van der Waals surface area (Å²) in [6.07, 6.45) is 40.2. The maximum Gasteiger partial charge on any atom is 0.472 e. The van der Waals surface area contributed by atoms with E-state index >= 15 is 0 Å². The minimum absolute atomic E-state index is 0.0500. The van der Waals surface area contributed by atoms with Crippen LogP contribution in [0.2, 0.25) is 0 Å². The van der Waals surface area contributed by atoms with Crippen LogP contribution in [0.5, 0.6) is 0 Å². The van der Waals surface area contributed by atoms with Gasteiger partial charge in [-0.05, 0) is 70.6 Å².